The molecule has 0 aliphatic heterocycles. The van der Waals surface area contributed by atoms with E-state index in [1.54, 1.807) is 48.5 Å². The molecule has 1 aromatic heterocycles. The number of carbonyl (C=O) groups is 1. The third-order valence-corrected chi connectivity index (χ3v) is 4.27. The first-order valence-corrected chi connectivity index (χ1v) is 8.76. The number of amides is 1. The largest absolute Gasteiger partial charge is 0.489 e. The van der Waals surface area contributed by atoms with Crippen LogP contribution in [0.4, 0.5) is 5.69 Å². The van der Waals surface area contributed by atoms with Gasteiger partial charge in [-0.3, -0.25) is 9.59 Å². The van der Waals surface area contributed by atoms with E-state index < -0.39 is 5.91 Å². The van der Waals surface area contributed by atoms with Crippen LogP contribution < -0.4 is 15.6 Å². The second kappa shape index (κ2) is 7.75. The summed E-state index contributed by atoms with van der Waals surface area (Å²) in [6, 6.07) is 23.8. The molecule has 0 bridgehead atoms. The molecule has 0 saturated heterocycles. The number of aromatic nitrogens is 2. The van der Waals surface area contributed by atoms with Crippen LogP contribution in [0.15, 0.2) is 83.7 Å². The number of aromatic amines is 1. The summed E-state index contributed by atoms with van der Waals surface area (Å²) in [6.45, 7) is 0.472. The summed E-state index contributed by atoms with van der Waals surface area (Å²) in [7, 11) is 0. The lowest BCUT2D eigenvalue weighted by Crippen LogP contribution is -2.19. The topological polar surface area (TPSA) is 84.1 Å². The zero-order valence-electron chi connectivity index (χ0n) is 14.9. The van der Waals surface area contributed by atoms with Crippen LogP contribution in [-0.2, 0) is 6.61 Å². The van der Waals surface area contributed by atoms with Gasteiger partial charge in [0.1, 0.15) is 12.4 Å². The van der Waals surface area contributed by atoms with Crippen LogP contribution in [-0.4, -0.2) is 16.1 Å². The second-order valence-corrected chi connectivity index (χ2v) is 6.20. The van der Waals surface area contributed by atoms with Crippen molar-refractivity contribution in [2.24, 2.45) is 0 Å². The van der Waals surface area contributed by atoms with E-state index in [4.69, 9.17) is 4.74 Å². The molecule has 3 aromatic carbocycles. The number of fused-ring (bicyclic) bond motifs is 1. The Morgan fingerprint density at radius 1 is 0.893 bits per heavy atom. The van der Waals surface area contributed by atoms with Crippen LogP contribution in [0, 0.1) is 0 Å². The highest BCUT2D eigenvalue weighted by atomic mass is 16.5. The molecular formula is C22H17N3O3. The molecule has 2 N–H and O–H groups in total. The molecule has 138 valence electrons. The highest BCUT2D eigenvalue weighted by Gasteiger charge is 2.14. The lowest BCUT2D eigenvalue weighted by molar-refractivity contribution is 0.102. The fraction of sp³-hybridized carbons (Fsp3) is 0.0455. The van der Waals surface area contributed by atoms with Crippen LogP contribution in [0.25, 0.3) is 10.8 Å². The van der Waals surface area contributed by atoms with Gasteiger partial charge in [-0.1, -0.05) is 48.5 Å². The normalized spacial score (nSPS) is 10.6. The van der Waals surface area contributed by atoms with Crippen molar-refractivity contribution >= 4 is 22.4 Å². The molecule has 28 heavy (non-hydrogen) atoms. The van der Waals surface area contributed by atoms with Gasteiger partial charge in [0.25, 0.3) is 11.5 Å². The molecule has 0 saturated carbocycles. The Kier molecular flexibility index (Phi) is 4.84. The molecule has 1 heterocycles. The maximum Gasteiger partial charge on any atom is 0.276 e. The van der Waals surface area contributed by atoms with Gasteiger partial charge in [0, 0.05) is 11.1 Å². The highest BCUT2D eigenvalue weighted by molar-refractivity contribution is 6.11. The van der Waals surface area contributed by atoms with E-state index in [1.165, 1.54) is 0 Å². The molecule has 0 atom stereocenters. The predicted molar refractivity (Wildman–Crippen MR) is 108 cm³/mol. The van der Waals surface area contributed by atoms with E-state index in [0.29, 0.717) is 28.8 Å². The van der Waals surface area contributed by atoms with Gasteiger partial charge in [-0.15, -0.1) is 0 Å². The van der Waals surface area contributed by atoms with Gasteiger partial charge in [-0.25, -0.2) is 5.10 Å². The summed E-state index contributed by atoms with van der Waals surface area (Å²) < 4.78 is 5.74. The molecule has 1 amide bonds. The number of anilines is 1. The molecule has 0 fully saturated rings. The average Bonchev–Trinajstić information content (AvgIpc) is 2.74. The first-order chi connectivity index (χ1) is 13.7. The number of H-pyrrole nitrogens is 1. The lowest BCUT2D eigenvalue weighted by Gasteiger charge is -2.09. The highest BCUT2D eigenvalue weighted by Crippen LogP contribution is 2.19. The number of rotatable bonds is 5. The Hall–Kier alpha value is -3.93. The number of nitrogens with zero attached hydrogens (tertiary/aromatic N) is 1. The molecule has 0 spiro atoms. The van der Waals surface area contributed by atoms with Crippen LogP contribution >= 0.6 is 0 Å². The Bertz CT molecular complexity index is 1170. The molecule has 4 rings (SSSR count). The smallest absolute Gasteiger partial charge is 0.276 e. The fourth-order valence-corrected chi connectivity index (χ4v) is 2.85. The lowest BCUT2D eigenvalue weighted by atomic mass is 10.1. The minimum Gasteiger partial charge on any atom is -0.489 e. The molecule has 4 aromatic rings. The quantitative estimate of drug-likeness (QED) is 0.560. The van der Waals surface area contributed by atoms with Crippen molar-refractivity contribution in [2.45, 2.75) is 6.61 Å². The zero-order valence-corrected chi connectivity index (χ0v) is 14.9. The van der Waals surface area contributed by atoms with Crippen LogP contribution in [0.1, 0.15) is 16.1 Å². The second-order valence-electron chi connectivity index (χ2n) is 6.20. The van der Waals surface area contributed by atoms with E-state index >= 15 is 0 Å². The van der Waals surface area contributed by atoms with Gasteiger partial charge in [0.2, 0.25) is 0 Å². The van der Waals surface area contributed by atoms with Gasteiger partial charge >= 0.3 is 0 Å². The molecule has 0 radical (unpaired) electrons. The SMILES string of the molecule is O=C(Nc1ccc(OCc2ccccc2)cc1)c1n[nH]c(=O)c2ccccc12. The predicted octanol–water partition coefficient (Wildman–Crippen LogP) is 3.75. The molecule has 6 nitrogen and oxygen atoms in total. The fourth-order valence-electron chi connectivity index (χ4n) is 2.85. The van der Waals surface area contributed by atoms with Crippen LogP contribution in [0.5, 0.6) is 5.75 Å². The summed E-state index contributed by atoms with van der Waals surface area (Å²) in [5.41, 5.74) is 1.52. The third kappa shape index (κ3) is 3.76. The van der Waals surface area contributed by atoms with Crippen LogP contribution in [0.2, 0.25) is 0 Å². The van der Waals surface area contributed by atoms with Gasteiger partial charge in [0.05, 0.1) is 5.39 Å². The molecule has 0 aliphatic rings. The summed E-state index contributed by atoms with van der Waals surface area (Å²) in [5.74, 6) is 0.305. The van der Waals surface area contributed by atoms with E-state index in [-0.39, 0.29) is 11.3 Å². The summed E-state index contributed by atoms with van der Waals surface area (Å²) in [5, 5.41) is 9.99. The average molecular weight is 371 g/mol. The Balaban J connectivity index is 1.47. The first-order valence-electron chi connectivity index (χ1n) is 8.76. The molecular weight excluding hydrogens is 354 g/mol. The van der Waals surface area contributed by atoms with Crippen molar-refractivity contribution in [3.05, 3.63) is 100 Å². The summed E-state index contributed by atoms with van der Waals surface area (Å²) in [4.78, 5) is 24.5. The van der Waals surface area contributed by atoms with E-state index in [0.717, 1.165) is 5.56 Å². The maximum atomic E-state index is 12.6. The van der Waals surface area contributed by atoms with Crippen molar-refractivity contribution in [1.82, 2.24) is 10.2 Å². The van der Waals surface area contributed by atoms with Gasteiger partial charge in [-0.2, -0.15) is 5.10 Å². The number of carbonyl (C=O) groups excluding carboxylic acids is 1. The van der Waals surface area contributed by atoms with Crippen molar-refractivity contribution in [1.29, 1.82) is 0 Å². The molecule has 0 unspecified atom stereocenters. The molecule has 6 heteroatoms. The minimum absolute atomic E-state index is 0.166. The van der Waals surface area contributed by atoms with E-state index in [2.05, 4.69) is 15.5 Å². The van der Waals surface area contributed by atoms with Crippen molar-refractivity contribution in [3.63, 3.8) is 0 Å². The van der Waals surface area contributed by atoms with E-state index in [1.807, 2.05) is 30.3 Å². The number of hydrogen-bond donors (Lipinski definition) is 2. The zero-order chi connectivity index (χ0) is 19.3. The first kappa shape index (κ1) is 17.5. The Morgan fingerprint density at radius 3 is 2.32 bits per heavy atom. The third-order valence-electron chi connectivity index (χ3n) is 4.27. The van der Waals surface area contributed by atoms with Crippen molar-refractivity contribution in [2.75, 3.05) is 5.32 Å². The standard InChI is InChI=1S/C22H17N3O3/c26-21-19-9-5-4-8-18(19)20(24-25-21)22(27)23-16-10-12-17(13-11-16)28-14-15-6-2-1-3-7-15/h1-13H,14H2,(H,23,27)(H,25,26). The van der Waals surface area contributed by atoms with E-state index in [9.17, 15) is 9.59 Å². The number of ether oxygens (including phenoxy) is 1. The minimum atomic E-state index is -0.398. The summed E-state index contributed by atoms with van der Waals surface area (Å²) >= 11 is 0. The Labute approximate surface area is 160 Å². The van der Waals surface area contributed by atoms with Crippen molar-refractivity contribution in [3.8, 4) is 5.75 Å². The summed E-state index contributed by atoms with van der Waals surface area (Å²) in [6.07, 6.45) is 0. The monoisotopic (exact) mass is 371 g/mol. The number of nitrogens with one attached hydrogen (secondary N) is 2. The van der Waals surface area contributed by atoms with Crippen LogP contribution in [0.3, 0.4) is 0 Å². The number of benzene rings is 3. The van der Waals surface area contributed by atoms with Gasteiger partial charge < -0.3 is 10.1 Å². The maximum absolute atomic E-state index is 12.6. The van der Waals surface area contributed by atoms with Gasteiger partial charge in [0.15, 0.2) is 5.69 Å². The number of hydrogen-bond acceptors (Lipinski definition) is 4. The van der Waals surface area contributed by atoms with Gasteiger partial charge in [-0.05, 0) is 35.9 Å². The Morgan fingerprint density at radius 2 is 1.57 bits per heavy atom. The molecule has 0 aliphatic carbocycles. The van der Waals surface area contributed by atoms with Crippen molar-refractivity contribution < 1.29 is 9.53 Å².